The van der Waals surface area contributed by atoms with E-state index in [9.17, 15) is 31.1 Å². The number of alkyl halides is 6. The molecule has 1 saturated heterocycles. The highest BCUT2D eigenvalue weighted by Crippen LogP contribution is 2.36. The third-order valence-corrected chi connectivity index (χ3v) is 6.41. The van der Waals surface area contributed by atoms with Gasteiger partial charge in [-0.1, -0.05) is 6.07 Å². The molecule has 1 amide bonds. The summed E-state index contributed by atoms with van der Waals surface area (Å²) in [5.41, 5.74) is 1.09. The van der Waals surface area contributed by atoms with E-state index in [-0.39, 0.29) is 33.4 Å². The molecule has 5 rings (SSSR count). The van der Waals surface area contributed by atoms with Crippen molar-refractivity contribution in [2.45, 2.75) is 19.1 Å². The number of hydrogen-bond acceptors (Lipinski definition) is 9. The van der Waals surface area contributed by atoms with Gasteiger partial charge >= 0.3 is 12.5 Å². The average molecular weight is 584 g/mol. The number of amides is 1. The Balaban J connectivity index is 1.60. The van der Waals surface area contributed by atoms with Crippen LogP contribution in [-0.2, 0) is 6.54 Å². The molecule has 2 aromatic heterocycles. The number of likely N-dealkylation sites (N-methyl/N-ethyl adjacent to an activating group) is 1. The second-order valence-electron chi connectivity index (χ2n) is 9.30. The zero-order valence-corrected chi connectivity index (χ0v) is 21.2. The molecule has 0 saturated carbocycles. The van der Waals surface area contributed by atoms with E-state index in [1.807, 2.05) is 11.9 Å². The van der Waals surface area contributed by atoms with Crippen LogP contribution in [0.15, 0.2) is 36.5 Å². The Bertz CT molecular complexity index is 1600. The predicted octanol–water partition coefficient (Wildman–Crippen LogP) is 4.05. The standard InChI is InChI=1S/C24H22F6N8O3/c1-36-6-8-37(9-7-36)14-3-5-17(41-24(28,29)30)16(10-14)32-22-31-11-13-2-4-15-19(21(39)35-40)34-38(12-23(25,26)27)20(15)18(13)33-22/h2-5,10-11,40H,6-9,12H2,1H3,(H,35,39)(H,31,32,33). The molecular weight excluding hydrogens is 562 g/mol. The fourth-order valence-electron chi connectivity index (χ4n) is 4.54. The maximum Gasteiger partial charge on any atom is 0.573 e. The van der Waals surface area contributed by atoms with E-state index >= 15 is 0 Å². The summed E-state index contributed by atoms with van der Waals surface area (Å²) >= 11 is 0. The second-order valence-corrected chi connectivity index (χ2v) is 9.30. The van der Waals surface area contributed by atoms with Crippen LogP contribution in [0.1, 0.15) is 10.5 Å². The number of nitrogens with one attached hydrogen (secondary N) is 2. The Morgan fingerprint density at radius 2 is 1.80 bits per heavy atom. The molecule has 0 radical (unpaired) electrons. The smallest absolute Gasteiger partial charge is 0.404 e. The van der Waals surface area contributed by atoms with Crippen LogP contribution in [0, 0.1) is 0 Å². The Kier molecular flexibility index (Phi) is 7.24. The molecule has 4 aromatic rings. The third kappa shape index (κ3) is 6.19. The van der Waals surface area contributed by atoms with Gasteiger partial charge in [0, 0.05) is 48.8 Å². The minimum atomic E-state index is -5.00. The van der Waals surface area contributed by atoms with Crippen LogP contribution in [-0.4, -0.2) is 81.5 Å². The molecular formula is C24H22F6N8O3. The van der Waals surface area contributed by atoms with Crippen LogP contribution in [0.2, 0.25) is 0 Å². The van der Waals surface area contributed by atoms with Gasteiger partial charge in [0.2, 0.25) is 5.95 Å². The molecule has 0 unspecified atom stereocenters. The molecule has 218 valence electrons. The highest BCUT2D eigenvalue weighted by molar-refractivity contribution is 6.12. The molecule has 0 atom stereocenters. The van der Waals surface area contributed by atoms with Gasteiger partial charge in [-0.15, -0.1) is 13.2 Å². The monoisotopic (exact) mass is 584 g/mol. The zero-order chi connectivity index (χ0) is 29.5. The number of carbonyl (C=O) groups is 1. The number of aromatic nitrogens is 4. The van der Waals surface area contributed by atoms with Crippen molar-refractivity contribution in [3.8, 4) is 5.75 Å². The maximum atomic E-state index is 13.4. The number of fused-ring (bicyclic) bond motifs is 3. The second kappa shape index (κ2) is 10.5. The minimum absolute atomic E-state index is 0.0453. The summed E-state index contributed by atoms with van der Waals surface area (Å²) < 4.78 is 84.3. The number of nitrogens with zero attached hydrogens (tertiary/aromatic N) is 6. The van der Waals surface area contributed by atoms with Crippen molar-refractivity contribution in [1.82, 2.24) is 30.1 Å². The molecule has 3 heterocycles. The summed E-state index contributed by atoms with van der Waals surface area (Å²) in [6.07, 6.45) is -8.47. The number of carbonyl (C=O) groups excluding carboxylic acids is 1. The van der Waals surface area contributed by atoms with E-state index < -0.39 is 36.4 Å². The summed E-state index contributed by atoms with van der Waals surface area (Å²) in [7, 11) is 1.96. The van der Waals surface area contributed by atoms with Gasteiger partial charge in [0.15, 0.2) is 11.4 Å². The van der Waals surface area contributed by atoms with Crippen LogP contribution in [0.3, 0.4) is 0 Å². The quantitative estimate of drug-likeness (QED) is 0.175. The van der Waals surface area contributed by atoms with Crippen LogP contribution in [0.4, 0.5) is 43.7 Å². The molecule has 11 nitrogen and oxygen atoms in total. The number of hydrogen-bond donors (Lipinski definition) is 3. The van der Waals surface area contributed by atoms with Crippen LogP contribution >= 0.6 is 0 Å². The number of rotatable bonds is 6. The number of anilines is 3. The molecule has 17 heteroatoms. The lowest BCUT2D eigenvalue weighted by Gasteiger charge is -2.34. The van der Waals surface area contributed by atoms with Crippen LogP contribution < -0.4 is 20.4 Å². The van der Waals surface area contributed by atoms with Crippen molar-refractivity contribution in [2.75, 3.05) is 43.4 Å². The summed E-state index contributed by atoms with van der Waals surface area (Å²) in [6, 6.07) is 6.85. The van der Waals surface area contributed by atoms with E-state index in [4.69, 9.17) is 5.21 Å². The Morgan fingerprint density at radius 1 is 1.07 bits per heavy atom. The number of piperazine rings is 1. The van der Waals surface area contributed by atoms with Crippen molar-refractivity contribution in [2.24, 2.45) is 0 Å². The van der Waals surface area contributed by atoms with Gasteiger partial charge < -0.3 is 19.9 Å². The fraction of sp³-hybridized carbons (Fsp3) is 0.333. The zero-order valence-electron chi connectivity index (χ0n) is 21.2. The normalized spacial score (nSPS) is 15.0. The Hall–Kier alpha value is -4.38. The minimum Gasteiger partial charge on any atom is -0.404 e. The number of hydroxylamine groups is 1. The molecule has 1 fully saturated rings. The van der Waals surface area contributed by atoms with E-state index in [0.29, 0.717) is 23.5 Å². The van der Waals surface area contributed by atoms with Crippen molar-refractivity contribution < 1.29 is 41.1 Å². The molecule has 0 aliphatic carbocycles. The van der Waals surface area contributed by atoms with Crippen LogP contribution in [0.25, 0.3) is 21.8 Å². The van der Waals surface area contributed by atoms with Gasteiger partial charge in [-0.05, 0) is 31.3 Å². The lowest BCUT2D eigenvalue weighted by molar-refractivity contribution is -0.274. The van der Waals surface area contributed by atoms with E-state index in [1.165, 1.54) is 35.9 Å². The lowest BCUT2D eigenvalue weighted by Crippen LogP contribution is -2.44. The van der Waals surface area contributed by atoms with Gasteiger partial charge in [-0.25, -0.2) is 15.4 Å². The number of ether oxygens (including phenoxy) is 1. The molecule has 0 bridgehead atoms. The molecule has 1 aliphatic rings. The van der Waals surface area contributed by atoms with E-state index in [2.05, 4.69) is 30.0 Å². The first kappa shape index (κ1) is 28.2. The first-order valence-electron chi connectivity index (χ1n) is 12.1. The molecule has 0 spiro atoms. The first-order valence-corrected chi connectivity index (χ1v) is 12.1. The molecule has 2 aromatic carbocycles. The van der Waals surface area contributed by atoms with Crippen molar-refractivity contribution in [3.05, 3.63) is 42.2 Å². The summed E-state index contributed by atoms with van der Waals surface area (Å²) in [5.74, 6) is -1.96. The summed E-state index contributed by atoms with van der Waals surface area (Å²) in [4.78, 5) is 24.6. The highest BCUT2D eigenvalue weighted by atomic mass is 19.4. The van der Waals surface area contributed by atoms with E-state index in [0.717, 1.165) is 19.2 Å². The number of halogens is 6. The predicted molar refractivity (Wildman–Crippen MR) is 134 cm³/mol. The molecule has 41 heavy (non-hydrogen) atoms. The topological polar surface area (TPSA) is 121 Å². The van der Waals surface area contributed by atoms with Gasteiger partial charge in [0.05, 0.1) is 11.2 Å². The molecule has 3 N–H and O–H groups in total. The van der Waals surface area contributed by atoms with Crippen molar-refractivity contribution in [1.29, 1.82) is 0 Å². The Labute approximate surface area is 227 Å². The van der Waals surface area contributed by atoms with Gasteiger partial charge in [-0.2, -0.15) is 18.3 Å². The van der Waals surface area contributed by atoms with E-state index in [1.54, 1.807) is 0 Å². The largest absolute Gasteiger partial charge is 0.573 e. The average Bonchev–Trinajstić information content (AvgIpc) is 3.26. The van der Waals surface area contributed by atoms with Gasteiger partial charge in [0.1, 0.15) is 12.1 Å². The third-order valence-electron chi connectivity index (χ3n) is 6.41. The first-order chi connectivity index (χ1) is 19.3. The van der Waals surface area contributed by atoms with Crippen LogP contribution in [0.5, 0.6) is 5.75 Å². The summed E-state index contributed by atoms with van der Waals surface area (Å²) in [6.45, 7) is 1.18. The summed E-state index contributed by atoms with van der Waals surface area (Å²) in [5, 5.41) is 15.7. The van der Waals surface area contributed by atoms with Gasteiger partial charge in [-0.3, -0.25) is 14.7 Å². The Morgan fingerprint density at radius 3 is 2.46 bits per heavy atom. The fourth-order valence-corrected chi connectivity index (χ4v) is 4.54. The number of benzene rings is 2. The SMILES string of the molecule is CN1CCN(c2ccc(OC(F)(F)F)c(Nc3ncc4ccc5c(C(=O)NO)nn(CC(F)(F)F)c5c4n3)c2)CC1. The highest BCUT2D eigenvalue weighted by Gasteiger charge is 2.33. The van der Waals surface area contributed by atoms with Crippen molar-refractivity contribution in [3.63, 3.8) is 0 Å². The van der Waals surface area contributed by atoms with Crippen molar-refractivity contribution >= 4 is 45.0 Å². The molecule has 1 aliphatic heterocycles. The van der Waals surface area contributed by atoms with Gasteiger partial charge in [0.25, 0.3) is 5.91 Å². The maximum absolute atomic E-state index is 13.4. The lowest BCUT2D eigenvalue weighted by atomic mass is 10.1.